The molecule has 1 heterocycles. The molecule has 1 saturated carbocycles. The third kappa shape index (κ3) is 4.79. The van der Waals surface area contributed by atoms with E-state index in [0.29, 0.717) is 23.6 Å². The lowest BCUT2D eigenvalue weighted by Gasteiger charge is -2.35. The van der Waals surface area contributed by atoms with E-state index in [-0.39, 0.29) is 28.7 Å². The minimum absolute atomic E-state index is 0.0607. The maximum Gasteiger partial charge on any atom is 0.288 e. The second-order valence-corrected chi connectivity index (χ2v) is 9.39. The summed E-state index contributed by atoms with van der Waals surface area (Å²) in [7, 11) is 0. The predicted molar refractivity (Wildman–Crippen MR) is 128 cm³/mol. The molecule has 4 rings (SSSR count). The summed E-state index contributed by atoms with van der Waals surface area (Å²) in [6, 6.07) is 8.95. The molecule has 3 amide bonds. The van der Waals surface area contributed by atoms with E-state index in [9.17, 15) is 24.5 Å². The van der Waals surface area contributed by atoms with E-state index >= 15 is 0 Å². The summed E-state index contributed by atoms with van der Waals surface area (Å²) >= 11 is 11.9. The fraction of sp³-hybridized carbons (Fsp3) is 0.375. The molecule has 0 N–H and O–H groups in total. The normalized spacial score (nSPS) is 19.2. The lowest BCUT2D eigenvalue weighted by molar-refractivity contribution is -0.384. The van der Waals surface area contributed by atoms with Gasteiger partial charge in [0, 0.05) is 22.7 Å². The Morgan fingerprint density at radius 1 is 1.00 bits per heavy atom. The highest BCUT2D eigenvalue weighted by molar-refractivity contribution is 6.33. The van der Waals surface area contributed by atoms with Crippen LogP contribution in [0.2, 0.25) is 10.0 Å². The number of hydrogen-bond acceptors (Lipinski definition) is 5. The van der Waals surface area contributed by atoms with Crippen LogP contribution < -0.4 is 4.90 Å². The van der Waals surface area contributed by atoms with Gasteiger partial charge in [-0.1, -0.05) is 48.9 Å². The maximum atomic E-state index is 13.7. The molecule has 0 aromatic heterocycles. The Hall–Kier alpha value is -2.97. The van der Waals surface area contributed by atoms with E-state index in [2.05, 4.69) is 0 Å². The lowest BCUT2D eigenvalue weighted by Crippen LogP contribution is -2.50. The number of halogens is 2. The number of nitro groups is 1. The third-order valence-corrected chi connectivity index (χ3v) is 6.96. The number of carbonyl (C=O) groups excluding carboxylic acids is 3. The van der Waals surface area contributed by atoms with Crippen LogP contribution in [0.15, 0.2) is 42.5 Å². The molecule has 0 radical (unpaired) electrons. The zero-order chi connectivity index (χ0) is 24.4. The molecule has 1 saturated heterocycles. The Kier molecular flexibility index (Phi) is 7.19. The molecule has 34 heavy (non-hydrogen) atoms. The van der Waals surface area contributed by atoms with Gasteiger partial charge in [-0.3, -0.25) is 24.5 Å². The summed E-state index contributed by atoms with van der Waals surface area (Å²) in [5, 5.41) is 11.8. The van der Waals surface area contributed by atoms with Gasteiger partial charge < -0.3 is 4.90 Å². The lowest BCUT2D eigenvalue weighted by atomic mass is 10.0. The Balaban J connectivity index is 1.72. The molecule has 1 aliphatic carbocycles. The predicted octanol–water partition coefficient (Wildman–Crippen LogP) is 5.40. The number of nitrogens with zero attached hydrogens (tertiary/aromatic N) is 3. The van der Waals surface area contributed by atoms with Crippen LogP contribution in [0, 0.1) is 10.1 Å². The molecule has 2 aliphatic rings. The Bertz CT molecular complexity index is 1130. The largest absolute Gasteiger partial charge is 0.323 e. The summed E-state index contributed by atoms with van der Waals surface area (Å²) in [5.41, 5.74) is 0.0628. The molecule has 2 fully saturated rings. The number of nitro benzene ring substituents is 1. The van der Waals surface area contributed by atoms with Crippen molar-refractivity contribution in [2.24, 2.45) is 0 Å². The van der Waals surface area contributed by atoms with Gasteiger partial charge in [-0.05, 0) is 49.2 Å². The van der Waals surface area contributed by atoms with Crippen LogP contribution in [0.5, 0.6) is 0 Å². The summed E-state index contributed by atoms with van der Waals surface area (Å²) < 4.78 is 0. The Morgan fingerprint density at radius 2 is 1.65 bits per heavy atom. The smallest absolute Gasteiger partial charge is 0.288 e. The molecule has 1 atom stereocenters. The maximum absolute atomic E-state index is 13.7. The molecule has 8 nitrogen and oxygen atoms in total. The molecule has 10 heteroatoms. The molecule has 2 aromatic rings. The van der Waals surface area contributed by atoms with Gasteiger partial charge >= 0.3 is 0 Å². The first-order valence-electron chi connectivity index (χ1n) is 11.2. The Morgan fingerprint density at radius 3 is 2.26 bits per heavy atom. The van der Waals surface area contributed by atoms with Gasteiger partial charge in [0.1, 0.15) is 11.1 Å². The minimum atomic E-state index is -0.992. The zero-order valence-corrected chi connectivity index (χ0v) is 19.8. The third-order valence-electron chi connectivity index (χ3n) is 6.39. The van der Waals surface area contributed by atoms with E-state index in [1.807, 2.05) is 0 Å². The van der Waals surface area contributed by atoms with Gasteiger partial charge in [-0.25, -0.2) is 4.90 Å². The fourth-order valence-electron chi connectivity index (χ4n) is 4.73. The Labute approximate surface area is 206 Å². The highest BCUT2D eigenvalue weighted by atomic mass is 35.5. The van der Waals surface area contributed by atoms with Crippen LogP contribution in [-0.4, -0.2) is 39.6 Å². The van der Waals surface area contributed by atoms with Crippen molar-refractivity contribution >= 4 is 52.3 Å². The average Bonchev–Trinajstić information content (AvgIpc) is 2.97. The minimum Gasteiger partial charge on any atom is -0.323 e. The van der Waals surface area contributed by atoms with Crippen molar-refractivity contribution in [3.8, 4) is 0 Å². The van der Waals surface area contributed by atoms with Crippen LogP contribution in [0.4, 0.5) is 11.4 Å². The standard InChI is InChI=1S/C24H23Cl2N3O5/c25-16-8-10-18(11-9-16)28-22(30)14-21(24(28)32)27(17-5-3-1-2-4-6-17)23(31)15-7-12-19(26)20(13-15)29(33)34/h7-13,17,21H,1-6,14H2. The highest BCUT2D eigenvalue weighted by Crippen LogP contribution is 2.33. The van der Waals surface area contributed by atoms with Crippen molar-refractivity contribution in [1.82, 2.24) is 4.90 Å². The summed E-state index contributed by atoms with van der Waals surface area (Å²) in [6.07, 6.45) is 5.08. The highest BCUT2D eigenvalue weighted by Gasteiger charge is 2.46. The van der Waals surface area contributed by atoms with E-state index in [1.165, 1.54) is 17.0 Å². The van der Waals surface area contributed by atoms with Crippen LogP contribution in [-0.2, 0) is 9.59 Å². The molecular formula is C24H23Cl2N3O5. The first kappa shape index (κ1) is 24.2. The topological polar surface area (TPSA) is 101 Å². The van der Waals surface area contributed by atoms with Gasteiger partial charge in [-0.2, -0.15) is 0 Å². The van der Waals surface area contributed by atoms with E-state index in [4.69, 9.17) is 23.2 Å². The van der Waals surface area contributed by atoms with E-state index < -0.39 is 28.7 Å². The number of rotatable bonds is 5. The number of benzene rings is 2. The zero-order valence-electron chi connectivity index (χ0n) is 18.3. The van der Waals surface area contributed by atoms with Gasteiger partial charge in [0.15, 0.2) is 0 Å². The van der Waals surface area contributed by atoms with Crippen molar-refractivity contribution in [3.63, 3.8) is 0 Å². The number of imide groups is 1. The molecule has 2 aromatic carbocycles. The second kappa shape index (κ2) is 10.1. The van der Waals surface area contributed by atoms with Crippen molar-refractivity contribution in [1.29, 1.82) is 0 Å². The van der Waals surface area contributed by atoms with Crippen molar-refractivity contribution in [2.45, 2.75) is 57.0 Å². The summed E-state index contributed by atoms with van der Waals surface area (Å²) in [4.78, 5) is 53.4. The number of hydrogen-bond donors (Lipinski definition) is 0. The van der Waals surface area contributed by atoms with Crippen LogP contribution in [0.3, 0.4) is 0 Å². The SMILES string of the molecule is O=C1CC(N(C(=O)c2ccc(Cl)c([N+](=O)[O-])c2)C2CCCCCC2)C(=O)N1c1ccc(Cl)cc1. The first-order valence-corrected chi connectivity index (χ1v) is 11.9. The van der Waals surface area contributed by atoms with Crippen LogP contribution >= 0.6 is 23.2 Å². The number of carbonyl (C=O) groups is 3. The van der Waals surface area contributed by atoms with Crippen molar-refractivity contribution < 1.29 is 19.3 Å². The van der Waals surface area contributed by atoms with Gasteiger partial charge in [0.25, 0.3) is 17.5 Å². The quantitative estimate of drug-likeness (QED) is 0.235. The van der Waals surface area contributed by atoms with Crippen LogP contribution in [0.25, 0.3) is 0 Å². The van der Waals surface area contributed by atoms with Gasteiger partial charge in [-0.15, -0.1) is 0 Å². The first-order chi connectivity index (χ1) is 16.3. The number of amides is 3. The molecule has 0 bridgehead atoms. The molecule has 178 valence electrons. The molecule has 1 aliphatic heterocycles. The summed E-state index contributed by atoms with van der Waals surface area (Å²) in [6.45, 7) is 0. The van der Waals surface area contributed by atoms with Gasteiger partial charge in [0.05, 0.1) is 17.0 Å². The van der Waals surface area contributed by atoms with Gasteiger partial charge in [0.2, 0.25) is 5.91 Å². The second-order valence-electron chi connectivity index (χ2n) is 8.54. The average molecular weight is 504 g/mol. The van der Waals surface area contributed by atoms with E-state index in [1.54, 1.807) is 24.3 Å². The van der Waals surface area contributed by atoms with Crippen molar-refractivity contribution in [2.75, 3.05) is 4.90 Å². The van der Waals surface area contributed by atoms with E-state index in [0.717, 1.165) is 36.6 Å². The van der Waals surface area contributed by atoms with Crippen LogP contribution in [0.1, 0.15) is 55.3 Å². The fourth-order valence-corrected chi connectivity index (χ4v) is 5.04. The summed E-state index contributed by atoms with van der Waals surface area (Å²) in [5.74, 6) is -1.42. The molecule has 1 unspecified atom stereocenters. The van der Waals surface area contributed by atoms with Crippen molar-refractivity contribution in [3.05, 3.63) is 68.2 Å². The monoisotopic (exact) mass is 503 g/mol. The molecular weight excluding hydrogens is 481 g/mol. The molecule has 0 spiro atoms. The number of anilines is 1.